The number of hydrogen-bond acceptors (Lipinski definition) is 3. The fraction of sp³-hybridized carbons (Fsp3) is 0.500. The Balaban J connectivity index is 1.88. The normalized spacial score (nSPS) is 23.1. The molecule has 0 aromatic heterocycles. The Labute approximate surface area is 125 Å². The van der Waals surface area contributed by atoms with Crippen LogP contribution in [0.5, 0.6) is 0 Å². The highest BCUT2D eigenvalue weighted by molar-refractivity contribution is 5.91. The van der Waals surface area contributed by atoms with Crippen molar-refractivity contribution < 1.29 is 9.59 Å². The van der Waals surface area contributed by atoms with Crippen molar-refractivity contribution in [3.05, 3.63) is 29.8 Å². The molecular weight excluding hydrogens is 266 g/mol. The minimum atomic E-state index is 0.00738. The first-order valence-electron chi connectivity index (χ1n) is 7.50. The van der Waals surface area contributed by atoms with Crippen LogP contribution in [0.3, 0.4) is 0 Å². The van der Waals surface area contributed by atoms with Crippen LogP contribution >= 0.6 is 0 Å². The van der Waals surface area contributed by atoms with E-state index in [-0.39, 0.29) is 30.9 Å². The Morgan fingerprint density at radius 1 is 1.05 bits per heavy atom. The van der Waals surface area contributed by atoms with Gasteiger partial charge in [-0.25, -0.2) is 10.0 Å². The van der Waals surface area contributed by atoms with Gasteiger partial charge in [-0.05, 0) is 38.8 Å². The Hall–Kier alpha value is -2.04. The van der Waals surface area contributed by atoms with Crippen molar-refractivity contribution in [2.24, 2.45) is 0 Å². The van der Waals surface area contributed by atoms with Gasteiger partial charge in [0.25, 0.3) is 11.8 Å². The lowest BCUT2D eigenvalue weighted by atomic mass is 10.1. The minimum Gasteiger partial charge on any atom is -0.353 e. The lowest BCUT2D eigenvalue weighted by Crippen LogP contribution is -2.56. The summed E-state index contributed by atoms with van der Waals surface area (Å²) in [6.07, 6.45) is 1.92. The molecule has 0 aliphatic carbocycles. The van der Waals surface area contributed by atoms with E-state index in [9.17, 15) is 9.59 Å². The van der Waals surface area contributed by atoms with E-state index >= 15 is 0 Å². The van der Waals surface area contributed by atoms with Crippen LogP contribution in [0, 0.1) is 6.92 Å². The summed E-state index contributed by atoms with van der Waals surface area (Å²) in [4.78, 5) is 26.9. The number of hydrogen-bond donors (Lipinski definition) is 0. The molecule has 3 rings (SSSR count). The molecule has 0 radical (unpaired) electrons. The highest BCUT2D eigenvalue weighted by atomic mass is 16.2. The first-order chi connectivity index (χ1) is 10.1. The number of anilines is 1. The van der Waals surface area contributed by atoms with Crippen LogP contribution in [-0.4, -0.2) is 47.5 Å². The fourth-order valence-corrected chi connectivity index (χ4v) is 3.10. The first kappa shape index (κ1) is 13.9. The van der Waals surface area contributed by atoms with E-state index < -0.39 is 0 Å². The average Bonchev–Trinajstić information content (AvgIpc) is 2.58. The van der Waals surface area contributed by atoms with E-state index in [1.165, 1.54) is 5.56 Å². The van der Waals surface area contributed by atoms with Crippen LogP contribution in [-0.2, 0) is 9.59 Å². The molecule has 2 aliphatic rings. The molecule has 1 aromatic carbocycles. The third-order valence-electron chi connectivity index (χ3n) is 4.26. The molecule has 0 saturated carbocycles. The zero-order valence-electron chi connectivity index (χ0n) is 12.6. The molecule has 5 nitrogen and oxygen atoms in total. The second kappa shape index (κ2) is 5.39. The van der Waals surface area contributed by atoms with Gasteiger partial charge in [0.05, 0.1) is 19.1 Å². The lowest BCUT2D eigenvalue weighted by molar-refractivity contribution is -0.169. The standard InChI is InChI=1S/C16H21N3O2/c1-12-5-7-14(8-6-12)17-10-15(20)18-9-3-4-13(2)19(18)16(21)11-17/h5-8,13H,3-4,9-11H2,1-2H3. The third kappa shape index (κ3) is 2.60. The molecule has 0 N–H and O–H groups in total. The predicted molar refractivity (Wildman–Crippen MR) is 80.6 cm³/mol. The van der Waals surface area contributed by atoms with Gasteiger partial charge in [0.2, 0.25) is 0 Å². The van der Waals surface area contributed by atoms with Crippen molar-refractivity contribution in [3.63, 3.8) is 0 Å². The molecule has 1 unspecified atom stereocenters. The molecule has 5 heteroatoms. The van der Waals surface area contributed by atoms with Gasteiger partial charge in [0, 0.05) is 12.2 Å². The molecule has 2 aliphatic heterocycles. The Kier molecular flexibility index (Phi) is 3.57. The van der Waals surface area contributed by atoms with E-state index in [2.05, 4.69) is 0 Å². The number of fused-ring (bicyclic) bond motifs is 1. The van der Waals surface area contributed by atoms with Crippen molar-refractivity contribution in [1.29, 1.82) is 0 Å². The summed E-state index contributed by atoms with van der Waals surface area (Å²) in [5, 5.41) is 3.31. The number of aryl methyl sites for hydroxylation is 1. The van der Waals surface area contributed by atoms with Gasteiger partial charge >= 0.3 is 0 Å². The maximum atomic E-state index is 12.5. The summed E-state index contributed by atoms with van der Waals surface area (Å²) in [6, 6.07) is 8.06. The lowest BCUT2D eigenvalue weighted by Gasteiger charge is -2.41. The van der Waals surface area contributed by atoms with Crippen molar-refractivity contribution in [3.8, 4) is 0 Å². The SMILES string of the molecule is Cc1ccc(N2CC(=O)N3CCCC(C)N3C(=O)C2)cc1. The molecule has 0 spiro atoms. The Morgan fingerprint density at radius 2 is 1.71 bits per heavy atom. The summed E-state index contributed by atoms with van der Waals surface area (Å²) in [5.41, 5.74) is 2.09. The van der Waals surface area contributed by atoms with Gasteiger partial charge < -0.3 is 4.90 Å². The van der Waals surface area contributed by atoms with Crippen LogP contribution in [0.25, 0.3) is 0 Å². The maximum absolute atomic E-state index is 12.5. The van der Waals surface area contributed by atoms with Gasteiger partial charge in [-0.1, -0.05) is 17.7 Å². The molecule has 21 heavy (non-hydrogen) atoms. The van der Waals surface area contributed by atoms with E-state index in [4.69, 9.17) is 0 Å². The van der Waals surface area contributed by atoms with Gasteiger partial charge in [-0.15, -0.1) is 0 Å². The van der Waals surface area contributed by atoms with Crippen LogP contribution < -0.4 is 4.90 Å². The van der Waals surface area contributed by atoms with Crippen molar-refractivity contribution >= 4 is 17.5 Å². The third-order valence-corrected chi connectivity index (χ3v) is 4.26. The summed E-state index contributed by atoms with van der Waals surface area (Å²) < 4.78 is 0. The molecular formula is C16H21N3O2. The van der Waals surface area contributed by atoms with Gasteiger partial charge in [-0.3, -0.25) is 9.59 Å². The molecule has 2 fully saturated rings. The van der Waals surface area contributed by atoms with Crippen LogP contribution in [0.15, 0.2) is 24.3 Å². The average molecular weight is 287 g/mol. The van der Waals surface area contributed by atoms with E-state index in [0.717, 1.165) is 18.5 Å². The van der Waals surface area contributed by atoms with E-state index in [1.54, 1.807) is 10.0 Å². The quantitative estimate of drug-likeness (QED) is 0.787. The summed E-state index contributed by atoms with van der Waals surface area (Å²) in [5.74, 6) is 0.0154. The second-order valence-electron chi connectivity index (χ2n) is 5.94. The van der Waals surface area contributed by atoms with Crippen molar-refractivity contribution in [2.45, 2.75) is 32.7 Å². The highest BCUT2D eigenvalue weighted by Gasteiger charge is 2.37. The molecule has 1 atom stereocenters. The molecule has 112 valence electrons. The number of carbonyl (C=O) groups excluding carboxylic acids is 2. The van der Waals surface area contributed by atoms with Crippen LogP contribution in [0.4, 0.5) is 5.69 Å². The smallest absolute Gasteiger partial charge is 0.260 e. The van der Waals surface area contributed by atoms with Crippen LogP contribution in [0.2, 0.25) is 0 Å². The second-order valence-corrected chi connectivity index (χ2v) is 5.94. The maximum Gasteiger partial charge on any atom is 0.260 e. The number of amides is 2. The zero-order valence-corrected chi connectivity index (χ0v) is 12.6. The van der Waals surface area contributed by atoms with Crippen LogP contribution in [0.1, 0.15) is 25.3 Å². The number of nitrogens with zero attached hydrogens (tertiary/aromatic N) is 3. The molecule has 2 saturated heterocycles. The molecule has 0 bridgehead atoms. The molecule has 2 heterocycles. The highest BCUT2D eigenvalue weighted by Crippen LogP contribution is 2.23. The monoisotopic (exact) mass is 287 g/mol. The number of carbonyl (C=O) groups is 2. The van der Waals surface area contributed by atoms with Gasteiger partial charge in [-0.2, -0.15) is 0 Å². The predicted octanol–water partition coefficient (Wildman–Crippen LogP) is 1.57. The fourth-order valence-electron chi connectivity index (χ4n) is 3.10. The molecule has 1 aromatic rings. The Morgan fingerprint density at radius 3 is 2.43 bits per heavy atom. The Bertz CT molecular complexity index is 555. The largest absolute Gasteiger partial charge is 0.353 e. The number of rotatable bonds is 1. The van der Waals surface area contributed by atoms with E-state index in [1.807, 2.05) is 43.0 Å². The summed E-state index contributed by atoms with van der Waals surface area (Å²) >= 11 is 0. The summed E-state index contributed by atoms with van der Waals surface area (Å²) in [7, 11) is 0. The summed E-state index contributed by atoms with van der Waals surface area (Å²) in [6.45, 7) is 5.21. The minimum absolute atomic E-state index is 0.00738. The van der Waals surface area contributed by atoms with Gasteiger partial charge in [0.1, 0.15) is 0 Å². The molecule has 2 amide bonds. The van der Waals surface area contributed by atoms with E-state index in [0.29, 0.717) is 6.54 Å². The van der Waals surface area contributed by atoms with Gasteiger partial charge in [0.15, 0.2) is 0 Å². The zero-order chi connectivity index (χ0) is 15.0. The topological polar surface area (TPSA) is 43.9 Å². The first-order valence-corrected chi connectivity index (χ1v) is 7.50. The number of benzene rings is 1. The number of hydrazine groups is 1. The van der Waals surface area contributed by atoms with Crippen molar-refractivity contribution in [1.82, 2.24) is 10.0 Å². The van der Waals surface area contributed by atoms with Crippen molar-refractivity contribution in [2.75, 3.05) is 24.5 Å².